The monoisotopic (exact) mass is 266 g/mol. The molecule has 2 aliphatic rings. The zero-order valence-corrected chi connectivity index (χ0v) is 12.9. The van der Waals surface area contributed by atoms with E-state index in [1.807, 2.05) is 0 Å². The summed E-state index contributed by atoms with van der Waals surface area (Å²) in [7, 11) is 0. The molecule has 1 saturated heterocycles. The van der Waals surface area contributed by atoms with Crippen molar-refractivity contribution in [1.82, 2.24) is 10.2 Å². The number of hydrogen-bond acceptors (Lipinski definition) is 2. The van der Waals surface area contributed by atoms with Gasteiger partial charge in [-0.3, -0.25) is 4.79 Å². The summed E-state index contributed by atoms with van der Waals surface area (Å²) in [6.45, 7) is 10.6. The molecule has 0 aromatic rings. The zero-order valence-electron chi connectivity index (χ0n) is 12.9. The van der Waals surface area contributed by atoms with Crippen LogP contribution >= 0.6 is 0 Å². The lowest BCUT2D eigenvalue weighted by Crippen LogP contribution is -2.38. The van der Waals surface area contributed by atoms with Crippen LogP contribution in [0.15, 0.2) is 0 Å². The molecule has 1 aliphatic heterocycles. The summed E-state index contributed by atoms with van der Waals surface area (Å²) >= 11 is 0. The van der Waals surface area contributed by atoms with Crippen molar-refractivity contribution in [1.29, 1.82) is 0 Å². The average Bonchev–Trinajstić information content (AvgIpc) is 3.14. The molecule has 0 aromatic heterocycles. The molecule has 1 amide bonds. The molecular formula is C16H30N2O. The van der Waals surface area contributed by atoms with E-state index in [1.165, 1.54) is 25.7 Å². The number of nitrogens with zero attached hydrogens (tertiary/aromatic N) is 1. The van der Waals surface area contributed by atoms with Gasteiger partial charge in [0.05, 0.1) is 0 Å². The predicted octanol–water partition coefficient (Wildman–Crippen LogP) is 2.66. The topological polar surface area (TPSA) is 32.3 Å². The molecule has 1 heterocycles. The van der Waals surface area contributed by atoms with Crippen molar-refractivity contribution in [3.63, 3.8) is 0 Å². The molecule has 1 aliphatic carbocycles. The lowest BCUT2D eigenvalue weighted by atomic mass is 9.91. The lowest BCUT2D eigenvalue weighted by molar-refractivity contribution is -0.134. The molecule has 19 heavy (non-hydrogen) atoms. The predicted molar refractivity (Wildman–Crippen MR) is 79.0 cm³/mol. The third-order valence-corrected chi connectivity index (χ3v) is 5.41. The van der Waals surface area contributed by atoms with Gasteiger partial charge in [0.25, 0.3) is 0 Å². The number of carbonyl (C=O) groups is 1. The first-order valence-electron chi connectivity index (χ1n) is 8.16. The number of nitrogens with one attached hydrogen (secondary N) is 1. The Bertz CT molecular complexity index is 306. The number of piperidine rings is 1. The van der Waals surface area contributed by atoms with Gasteiger partial charge in [0.15, 0.2) is 0 Å². The highest BCUT2D eigenvalue weighted by Gasteiger charge is 2.58. The Morgan fingerprint density at radius 2 is 1.89 bits per heavy atom. The van der Waals surface area contributed by atoms with Crippen LogP contribution in [0.3, 0.4) is 0 Å². The van der Waals surface area contributed by atoms with E-state index in [1.54, 1.807) is 0 Å². The molecule has 1 spiro atoms. The highest BCUT2D eigenvalue weighted by atomic mass is 16.2. The van der Waals surface area contributed by atoms with E-state index in [0.717, 1.165) is 32.6 Å². The fourth-order valence-electron chi connectivity index (χ4n) is 3.63. The van der Waals surface area contributed by atoms with Gasteiger partial charge in [0.1, 0.15) is 0 Å². The van der Waals surface area contributed by atoms with E-state index in [9.17, 15) is 4.79 Å². The zero-order chi connectivity index (χ0) is 13.9. The van der Waals surface area contributed by atoms with Gasteiger partial charge in [-0.2, -0.15) is 0 Å². The lowest BCUT2D eigenvalue weighted by Gasteiger charge is -2.28. The quantitative estimate of drug-likeness (QED) is 0.801. The molecule has 0 bridgehead atoms. The van der Waals surface area contributed by atoms with Crippen molar-refractivity contribution >= 4 is 5.91 Å². The minimum Gasteiger partial charge on any atom is -0.342 e. The Morgan fingerprint density at radius 1 is 1.26 bits per heavy atom. The van der Waals surface area contributed by atoms with Crippen LogP contribution in [0, 0.1) is 17.3 Å². The summed E-state index contributed by atoms with van der Waals surface area (Å²) in [5.74, 6) is 1.45. The highest BCUT2D eigenvalue weighted by molar-refractivity contribution is 5.82. The van der Waals surface area contributed by atoms with Crippen molar-refractivity contribution < 1.29 is 4.79 Å². The van der Waals surface area contributed by atoms with Crippen LogP contribution in [0.1, 0.15) is 52.9 Å². The summed E-state index contributed by atoms with van der Waals surface area (Å²) in [6, 6.07) is 0. The van der Waals surface area contributed by atoms with Gasteiger partial charge < -0.3 is 10.2 Å². The van der Waals surface area contributed by atoms with Gasteiger partial charge in [-0.05, 0) is 50.6 Å². The van der Waals surface area contributed by atoms with Crippen molar-refractivity contribution in [3.8, 4) is 0 Å². The normalized spacial score (nSPS) is 24.7. The standard InChI is InChI=1S/C16H30N2O/c1-4-13(5-2)12-18(6-3)15(19)14-11-16(14)7-9-17-10-8-16/h13-14,17H,4-12H2,1-3H3. The van der Waals surface area contributed by atoms with Crippen LogP contribution in [0.2, 0.25) is 0 Å². The molecular weight excluding hydrogens is 236 g/mol. The van der Waals surface area contributed by atoms with Crippen LogP contribution in [0.4, 0.5) is 0 Å². The third kappa shape index (κ3) is 3.13. The third-order valence-electron chi connectivity index (χ3n) is 5.41. The molecule has 1 N–H and O–H groups in total. The largest absolute Gasteiger partial charge is 0.342 e. The van der Waals surface area contributed by atoms with Gasteiger partial charge in [0.2, 0.25) is 5.91 Å². The fourth-order valence-corrected chi connectivity index (χ4v) is 3.63. The average molecular weight is 266 g/mol. The van der Waals surface area contributed by atoms with E-state index in [0.29, 0.717) is 23.2 Å². The molecule has 110 valence electrons. The van der Waals surface area contributed by atoms with Gasteiger partial charge in [-0.25, -0.2) is 0 Å². The van der Waals surface area contributed by atoms with Crippen LogP contribution in [0.5, 0.6) is 0 Å². The van der Waals surface area contributed by atoms with E-state index < -0.39 is 0 Å². The Hall–Kier alpha value is -0.570. The first-order chi connectivity index (χ1) is 9.16. The molecule has 3 heteroatoms. The van der Waals surface area contributed by atoms with Crippen molar-refractivity contribution in [2.45, 2.75) is 52.9 Å². The van der Waals surface area contributed by atoms with Gasteiger partial charge in [-0.15, -0.1) is 0 Å². The molecule has 1 atom stereocenters. The van der Waals surface area contributed by atoms with Crippen LogP contribution in [-0.2, 0) is 4.79 Å². The van der Waals surface area contributed by atoms with Crippen LogP contribution in [0.25, 0.3) is 0 Å². The second-order valence-corrected chi connectivity index (χ2v) is 6.43. The molecule has 1 unspecified atom stereocenters. The Kier molecular flexibility index (Phi) is 4.88. The second kappa shape index (κ2) is 6.25. The first kappa shape index (κ1) is 14.8. The minimum absolute atomic E-state index is 0.337. The molecule has 0 aromatic carbocycles. The Balaban J connectivity index is 1.91. The van der Waals surface area contributed by atoms with Crippen molar-refractivity contribution in [2.75, 3.05) is 26.2 Å². The summed E-state index contributed by atoms with van der Waals surface area (Å²) in [4.78, 5) is 14.8. The SMILES string of the molecule is CCC(CC)CN(CC)C(=O)C1CC12CCNCC2. The van der Waals surface area contributed by atoms with E-state index >= 15 is 0 Å². The molecule has 2 fully saturated rings. The smallest absolute Gasteiger partial charge is 0.226 e. The van der Waals surface area contributed by atoms with Crippen LogP contribution in [-0.4, -0.2) is 37.0 Å². The maximum Gasteiger partial charge on any atom is 0.226 e. The van der Waals surface area contributed by atoms with Crippen LogP contribution < -0.4 is 5.32 Å². The second-order valence-electron chi connectivity index (χ2n) is 6.43. The molecule has 2 rings (SSSR count). The minimum atomic E-state index is 0.337. The summed E-state index contributed by atoms with van der Waals surface area (Å²) in [5, 5.41) is 3.41. The molecule has 0 radical (unpaired) electrons. The number of hydrogen-bond donors (Lipinski definition) is 1. The number of amides is 1. The number of carbonyl (C=O) groups excluding carboxylic acids is 1. The van der Waals surface area contributed by atoms with E-state index in [4.69, 9.17) is 0 Å². The van der Waals surface area contributed by atoms with E-state index in [2.05, 4.69) is 31.0 Å². The Morgan fingerprint density at radius 3 is 2.42 bits per heavy atom. The maximum atomic E-state index is 12.7. The summed E-state index contributed by atoms with van der Waals surface area (Å²) in [6.07, 6.45) is 5.91. The summed E-state index contributed by atoms with van der Waals surface area (Å²) < 4.78 is 0. The maximum absolute atomic E-state index is 12.7. The van der Waals surface area contributed by atoms with Gasteiger partial charge in [0, 0.05) is 19.0 Å². The van der Waals surface area contributed by atoms with Gasteiger partial charge >= 0.3 is 0 Å². The van der Waals surface area contributed by atoms with Crippen molar-refractivity contribution in [2.24, 2.45) is 17.3 Å². The number of rotatable bonds is 6. The highest BCUT2D eigenvalue weighted by Crippen LogP contribution is 2.59. The first-order valence-corrected chi connectivity index (χ1v) is 8.16. The fraction of sp³-hybridized carbons (Fsp3) is 0.938. The van der Waals surface area contributed by atoms with Crippen molar-refractivity contribution in [3.05, 3.63) is 0 Å². The molecule has 3 nitrogen and oxygen atoms in total. The van der Waals surface area contributed by atoms with E-state index in [-0.39, 0.29) is 0 Å². The Labute approximate surface area is 118 Å². The van der Waals surface area contributed by atoms with Gasteiger partial charge in [-0.1, -0.05) is 26.7 Å². The molecule has 1 saturated carbocycles. The summed E-state index contributed by atoms with van der Waals surface area (Å²) in [5.41, 5.74) is 0.379.